The summed E-state index contributed by atoms with van der Waals surface area (Å²) in [7, 11) is 1.60. The van der Waals surface area contributed by atoms with E-state index in [2.05, 4.69) is 10.6 Å². The number of halogens is 1. The molecule has 2 rings (SSSR count). The van der Waals surface area contributed by atoms with Crippen molar-refractivity contribution in [1.82, 2.24) is 5.32 Å². The standard InChI is InChI=1S/C19H21FN2O3/c1-12(10-14-6-4-5-7-18(14)25-3)21-19(24)15-8-9-16(20)17(11-15)22-13(2)23/h4-9,11-12H,10H2,1-3H3,(H,21,24)(H,22,23)/t12-/m1/s1. The maximum atomic E-state index is 13.7. The van der Waals surface area contributed by atoms with Crippen molar-refractivity contribution in [2.24, 2.45) is 0 Å². The van der Waals surface area contributed by atoms with Gasteiger partial charge >= 0.3 is 0 Å². The molecule has 2 amide bonds. The highest BCUT2D eigenvalue weighted by atomic mass is 19.1. The van der Waals surface area contributed by atoms with E-state index in [-0.39, 0.29) is 23.2 Å². The minimum atomic E-state index is -0.589. The average Bonchev–Trinajstić information content (AvgIpc) is 2.56. The third-order valence-electron chi connectivity index (χ3n) is 3.64. The van der Waals surface area contributed by atoms with Crippen LogP contribution in [0, 0.1) is 5.82 Å². The van der Waals surface area contributed by atoms with Crippen molar-refractivity contribution in [2.75, 3.05) is 12.4 Å². The molecule has 0 fully saturated rings. The van der Waals surface area contributed by atoms with E-state index in [0.29, 0.717) is 6.42 Å². The van der Waals surface area contributed by atoms with Crippen LogP contribution in [-0.2, 0) is 11.2 Å². The van der Waals surface area contributed by atoms with Gasteiger partial charge in [-0.25, -0.2) is 4.39 Å². The second-order valence-electron chi connectivity index (χ2n) is 5.77. The van der Waals surface area contributed by atoms with Gasteiger partial charge in [0.15, 0.2) is 0 Å². The molecule has 0 saturated carbocycles. The molecule has 0 bridgehead atoms. The lowest BCUT2D eigenvalue weighted by molar-refractivity contribution is -0.114. The van der Waals surface area contributed by atoms with E-state index in [4.69, 9.17) is 4.74 Å². The number of benzene rings is 2. The molecule has 1 atom stereocenters. The Hall–Kier alpha value is -2.89. The lowest BCUT2D eigenvalue weighted by Gasteiger charge is -2.16. The predicted octanol–water partition coefficient (Wildman–Crippen LogP) is 3.15. The lowest BCUT2D eigenvalue weighted by atomic mass is 10.1. The third-order valence-corrected chi connectivity index (χ3v) is 3.64. The molecule has 0 unspecified atom stereocenters. The number of carbonyl (C=O) groups is 2. The molecule has 0 aromatic heterocycles. The Kier molecular flexibility index (Phi) is 6.11. The maximum absolute atomic E-state index is 13.7. The molecule has 132 valence electrons. The van der Waals surface area contributed by atoms with Gasteiger partial charge in [0.2, 0.25) is 5.91 Å². The summed E-state index contributed by atoms with van der Waals surface area (Å²) in [4.78, 5) is 23.5. The van der Waals surface area contributed by atoms with Gasteiger partial charge in [-0.3, -0.25) is 9.59 Å². The number of nitrogens with one attached hydrogen (secondary N) is 2. The summed E-state index contributed by atoms with van der Waals surface area (Å²) in [6.07, 6.45) is 0.593. The van der Waals surface area contributed by atoms with Crippen LogP contribution in [0.5, 0.6) is 5.75 Å². The summed E-state index contributed by atoms with van der Waals surface area (Å²) >= 11 is 0. The summed E-state index contributed by atoms with van der Waals surface area (Å²) in [5, 5.41) is 5.23. The number of amides is 2. The summed E-state index contributed by atoms with van der Waals surface area (Å²) in [5.74, 6) is -0.567. The van der Waals surface area contributed by atoms with Gasteiger partial charge in [0.1, 0.15) is 11.6 Å². The highest BCUT2D eigenvalue weighted by Crippen LogP contribution is 2.20. The molecule has 0 saturated heterocycles. The molecule has 2 aromatic carbocycles. The number of hydrogen-bond donors (Lipinski definition) is 2. The molecule has 0 aliphatic heterocycles. The molecule has 2 N–H and O–H groups in total. The van der Waals surface area contributed by atoms with E-state index < -0.39 is 11.7 Å². The monoisotopic (exact) mass is 344 g/mol. The lowest BCUT2D eigenvalue weighted by Crippen LogP contribution is -2.34. The summed E-state index contributed by atoms with van der Waals surface area (Å²) in [5.41, 5.74) is 1.24. The third kappa shape index (κ3) is 5.04. The van der Waals surface area contributed by atoms with Crippen LogP contribution in [0.25, 0.3) is 0 Å². The van der Waals surface area contributed by atoms with Crippen molar-refractivity contribution in [1.29, 1.82) is 0 Å². The van der Waals surface area contributed by atoms with Crippen LogP contribution in [0.15, 0.2) is 42.5 Å². The number of hydrogen-bond acceptors (Lipinski definition) is 3. The Labute approximate surface area is 146 Å². The van der Waals surface area contributed by atoms with Crippen LogP contribution in [0.1, 0.15) is 29.8 Å². The molecule has 0 aliphatic rings. The molecular formula is C19H21FN2O3. The topological polar surface area (TPSA) is 67.4 Å². The minimum absolute atomic E-state index is 0.0162. The largest absolute Gasteiger partial charge is 0.496 e. The number of methoxy groups -OCH3 is 1. The highest BCUT2D eigenvalue weighted by molar-refractivity contribution is 5.97. The van der Waals surface area contributed by atoms with E-state index in [1.807, 2.05) is 31.2 Å². The van der Waals surface area contributed by atoms with Crippen LogP contribution in [0.4, 0.5) is 10.1 Å². The van der Waals surface area contributed by atoms with Gasteiger partial charge in [-0.15, -0.1) is 0 Å². The van der Waals surface area contributed by atoms with Crippen LogP contribution in [0.3, 0.4) is 0 Å². The van der Waals surface area contributed by atoms with Gasteiger partial charge in [0, 0.05) is 18.5 Å². The molecule has 5 nitrogen and oxygen atoms in total. The second kappa shape index (κ2) is 8.28. The number of rotatable bonds is 6. The molecule has 0 aliphatic carbocycles. The van der Waals surface area contributed by atoms with Gasteiger partial charge < -0.3 is 15.4 Å². The van der Waals surface area contributed by atoms with Crippen molar-refractivity contribution < 1.29 is 18.7 Å². The van der Waals surface area contributed by atoms with Crippen LogP contribution in [0.2, 0.25) is 0 Å². The van der Waals surface area contributed by atoms with E-state index in [1.165, 1.54) is 19.1 Å². The SMILES string of the molecule is COc1ccccc1C[C@@H](C)NC(=O)c1ccc(F)c(NC(C)=O)c1. The van der Waals surface area contributed by atoms with Gasteiger partial charge in [-0.2, -0.15) is 0 Å². The van der Waals surface area contributed by atoms with Gasteiger partial charge in [0.05, 0.1) is 12.8 Å². The summed E-state index contributed by atoms with van der Waals surface area (Å²) < 4.78 is 19.0. The molecule has 25 heavy (non-hydrogen) atoms. The van der Waals surface area contributed by atoms with Crippen molar-refractivity contribution in [2.45, 2.75) is 26.3 Å². The van der Waals surface area contributed by atoms with Crippen LogP contribution in [-0.4, -0.2) is 25.0 Å². The molecule has 6 heteroatoms. The molecule has 0 heterocycles. The van der Waals surface area contributed by atoms with Gasteiger partial charge in [0.25, 0.3) is 5.91 Å². The first-order chi connectivity index (χ1) is 11.9. The van der Waals surface area contributed by atoms with E-state index in [9.17, 15) is 14.0 Å². The van der Waals surface area contributed by atoms with Crippen LogP contribution >= 0.6 is 0 Å². The summed E-state index contributed by atoms with van der Waals surface area (Å²) in [6.45, 7) is 3.16. The molecule has 2 aromatic rings. The maximum Gasteiger partial charge on any atom is 0.251 e. The number of ether oxygens (including phenoxy) is 1. The van der Waals surface area contributed by atoms with E-state index >= 15 is 0 Å². The van der Waals surface area contributed by atoms with Crippen molar-refractivity contribution in [3.8, 4) is 5.75 Å². The van der Waals surface area contributed by atoms with Crippen molar-refractivity contribution >= 4 is 17.5 Å². The Morgan fingerprint density at radius 3 is 2.60 bits per heavy atom. The van der Waals surface area contributed by atoms with Gasteiger partial charge in [-0.1, -0.05) is 18.2 Å². The molecule has 0 radical (unpaired) electrons. The number of para-hydroxylation sites is 1. The Bertz CT molecular complexity index is 777. The Balaban J connectivity index is 2.07. The zero-order valence-corrected chi connectivity index (χ0v) is 14.4. The molecular weight excluding hydrogens is 323 g/mol. The first-order valence-electron chi connectivity index (χ1n) is 7.90. The predicted molar refractivity (Wildman–Crippen MR) is 94.3 cm³/mol. The zero-order chi connectivity index (χ0) is 18.4. The normalized spacial score (nSPS) is 11.5. The summed E-state index contributed by atoms with van der Waals surface area (Å²) in [6, 6.07) is 11.3. The molecule has 0 spiro atoms. The number of anilines is 1. The number of carbonyl (C=O) groups excluding carboxylic acids is 2. The Morgan fingerprint density at radius 1 is 1.20 bits per heavy atom. The van der Waals surface area contributed by atoms with E-state index in [1.54, 1.807) is 7.11 Å². The average molecular weight is 344 g/mol. The highest BCUT2D eigenvalue weighted by Gasteiger charge is 2.14. The fourth-order valence-electron chi connectivity index (χ4n) is 2.51. The quantitative estimate of drug-likeness (QED) is 0.846. The Morgan fingerprint density at radius 2 is 1.92 bits per heavy atom. The fourth-order valence-corrected chi connectivity index (χ4v) is 2.51. The first-order valence-corrected chi connectivity index (χ1v) is 7.90. The first kappa shape index (κ1) is 18.4. The smallest absolute Gasteiger partial charge is 0.251 e. The van der Waals surface area contributed by atoms with Gasteiger partial charge in [-0.05, 0) is 43.2 Å². The van der Waals surface area contributed by atoms with Crippen molar-refractivity contribution in [3.63, 3.8) is 0 Å². The zero-order valence-electron chi connectivity index (χ0n) is 14.4. The minimum Gasteiger partial charge on any atom is -0.496 e. The van der Waals surface area contributed by atoms with Crippen molar-refractivity contribution in [3.05, 3.63) is 59.4 Å². The fraction of sp³-hybridized carbons (Fsp3) is 0.263. The van der Waals surface area contributed by atoms with Crippen LogP contribution < -0.4 is 15.4 Å². The second-order valence-corrected chi connectivity index (χ2v) is 5.77. The van der Waals surface area contributed by atoms with E-state index in [0.717, 1.165) is 17.4 Å².